The van der Waals surface area contributed by atoms with Crippen LogP contribution in [-0.4, -0.2) is 31.5 Å². The number of nitro groups is 1. The zero-order valence-corrected chi connectivity index (χ0v) is 13.8. The van der Waals surface area contributed by atoms with Crippen molar-refractivity contribution in [3.63, 3.8) is 0 Å². The summed E-state index contributed by atoms with van der Waals surface area (Å²) in [5, 5.41) is 13.4. The minimum atomic E-state index is -1.37. The number of amides is 1. The van der Waals surface area contributed by atoms with Gasteiger partial charge in [0.05, 0.1) is 11.0 Å². The minimum absolute atomic E-state index is 0.205. The number of hydrogen-bond acceptors (Lipinski definition) is 4. The zero-order valence-electron chi connectivity index (χ0n) is 13.8. The fraction of sp³-hybridized carbons (Fsp3) is 0.235. The highest BCUT2D eigenvalue weighted by Gasteiger charge is 2.23. The third-order valence-electron chi connectivity index (χ3n) is 3.63. The quantitative estimate of drug-likeness (QED) is 0.643. The number of nitrogens with zero attached hydrogens (tertiary/aromatic N) is 2. The van der Waals surface area contributed by atoms with Crippen LogP contribution < -0.4 is 10.2 Å². The first-order valence-corrected chi connectivity index (χ1v) is 7.47. The van der Waals surface area contributed by atoms with Gasteiger partial charge in [-0.1, -0.05) is 12.1 Å². The van der Waals surface area contributed by atoms with Gasteiger partial charge < -0.3 is 10.2 Å². The molecule has 8 heteroatoms. The smallest absolute Gasteiger partial charge is 0.285 e. The number of nitro benzene ring substituents is 1. The summed E-state index contributed by atoms with van der Waals surface area (Å²) in [6.07, 6.45) is 0.497. The van der Waals surface area contributed by atoms with Crippen molar-refractivity contribution in [1.82, 2.24) is 5.32 Å². The zero-order chi connectivity index (χ0) is 18.6. The van der Waals surface area contributed by atoms with E-state index in [0.717, 1.165) is 11.3 Å². The first-order valence-electron chi connectivity index (χ1n) is 7.47. The summed E-state index contributed by atoms with van der Waals surface area (Å²) in [4.78, 5) is 24.0. The van der Waals surface area contributed by atoms with Crippen LogP contribution in [0.4, 0.5) is 20.2 Å². The van der Waals surface area contributed by atoms with Gasteiger partial charge in [0.15, 0.2) is 11.6 Å². The third kappa shape index (κ3) is 4.50. The average Bonchev–Trinajstić information content (AvgIpc) is 2.57. The van der Waals surface area contributed by atoms with Crippen molar-refractivity contribution in [2.24, 2.45) is 0 Å². The van der Waals surface area contributed by atoms with Gasteiger partial charge in [-0.15, -0.1) is 0 Å². The lowest BCUT2D eigenvalue weighted by Crippen LogP contribution is -2.26. The van der Waals surface area contributed by atoms with Crippen molar-refractivity contribution in [3.05, 3.63) is 69.3 Å². The molecule has 0 aliphatic carbocycles. The lowest BCUT2D eigenvalue weighted by atomic mass is 10.1. The highest BCUT2D eigenvalue weighted by Crippen LogP contribution is 2.22. The lowest BCUT2D eigenvalue weighted by Gasteiger charge is -2.12. The average molecular weight is 349 g/mol. The lowest BCUT2D eigenvalue weighted by molar-refractivity contribution is -0.385. The van der Waals surface area contributed by atoms with Gasteiger partial charge >= 0.3 is 0 Å². The number of rotatable bonds is 6. The Morgan fingerprint density at radius 1 is 1.16 bits per heavy atom. The molecular weight excluding hydrogens is 332 g/mol. The second-order valence-electron chi connectivity index (χ2n) is 5.61. The minimum Gasteiger partial charge on any atom is -0.378 e. The summed E-state index contributed by atoms with van der Waals surface area (Å²) in [5.41, 5.74) is 0.717. The second kappa shape index (κ2) is 7.69. The molecule has 25 heavy (non-hydrogen) atoms. The molecule has 132 valence electrons. The molecule has 2 aromatic carbocycles. The Balaban J connectivity index is 2.03. The molecule has 1 amide bonds. The summed E-state index contributed by atoms with van der Waals surface area (Å²) < 4.78 is 26.4. The Kier molecular flexibility index (Phi) is 5.63. The van der Waals surface area contributed by atoms with Crippen molar-refractivity contribution in [1.29, 1.82) is 0 Å². The Bertz CT molecular complexity index is 792. The monoisotopic (exact) mass is 349 g/mol. The van der Waals surface area contributed by atoms with E-state index in [0.29, 0.717) is 18.6 Å². The van der Waals surface area contributed by atoms with Gasteiger partial charge in [-0.25, -0.2) is 8.78 Å². The van der Waals surface area contributed by atoms with Crippen molar-refractivity contribution >= 4 is 17.3 Å². The Morgan fingerprint density at radius 2 is 1.76 bits per heavy atom. The molecule has 0 aliphatic heterocycles. The van der Waals surface area contributed by atoms with E-state index in [1.165, 1.54) is 0 Å². The highest BCUT2D eigenvalue weighted by molar-refractivity contribution is 5.98. The molecule has 0 aromatic heterocycles. The van der Waals surface area contributed by atoms with Gasteiger partial charge in [0.25, 0.3) is 11.6 Å². The fourth-order valence-corrected chi connectivity index (χ4v) is 2.25. The topological polar surface area (TPSA) is 75.5 Å². The molecule has 0 bridgehead atoms. The molecular formula is C17H17F2N3O3. The first-order chi connectivity index (χ1) is 11.8. The molecule has 0 radical (unpaired) electrons. The van der Waals surface area contributed by atoms with Gasteiger partial charge in [-0.3, -0.25) is 14.9 Å². The predicted octanol–water partition coefficient (Wildman–Crippen LogP) is 2.91. The van der Waals surface area contributed by atoms with Crippen LogP contribution in [0.25, 0.3) is 0 Å². The van der Waals surface area contributed by atoms with Gasteiger partial charge in [0.2, 0.25) is 0 Å². The van der Waals surface area contributed by atoms with E-state index in [1.54, 1.807) is 0 Å². The molecule has 0 heterocycles. The molecule has 0 saturated carbocycles. The summed E-state index contributed by atoms with van der Waals surface area (Å²) in [7, 11) is 3.84. The van der Waals surface area contributed by atoms with E-state index in [2.05, 4.69) is 5.32 Å². The maximum Gasteiger partial charge on any atom is 0.285 e. The number of halogens is 2. The molecule has 2 rings (SSSR count). The van der Waals surface area contributed by atoms with Crippen LogP contribution in [-0.2, 0) is 6.42 Å². The third-order valence-corrected chi connectivity index (χ3v) is 3.63. The predicted molar refractivity (Wildman–Crippen MR) is 89.8 cm³/mol. The fourth-order valence-electron chi connectivity index (χ4n) is 2.25. The van der Waals surface area contributed by atoms with E-state index >= 15 is 0 Å². The van der Waals surface area contributed by atoms with Gasteiger partial charge in [0.1, 0.15) is 5.56 Å². The molecule has 1 N–H and O–H groups in total. The Morgan fingerprint density at radius 3 is 2.32 bits per heavy atom. The number of benzene rings is 2. The number of nitrogens with one attached hydrogen (secondary N) is 1. The first kappa shape index (κ1) is 18.3. The standard InChI is InChI=1S/C17H17F2N3O3/c1-21(2)12-5-3-11(4-6-12)7-8-20-17(23)13-9-14(18)15(19)10-16(13)22(24)25/h3-6,9-10H,7-8H2,1-2H3,(H,20,23). The number of carbonyl (C=O) groups is 1. The number of carbonyl (C=O) groups excluding carboxylic acids is 1. The molecule has 0 atom stereocenters. The van der Waals surface area contributed by atoms with E-state index in [1.807, 2.05) is 43.3 Å². The van der Waals surface area contributed by atoms with Crippen molar-refractivity contribution < 1.29 is 18.5 Å². The maximum absolute atomic E-state index is 13.3. The van der Waals surface area contributed by atoms with Crippen LogP contribution in [0.1, 0.15) is 15.9 Å². The van der Waals surface area contributed by atoms with E-state index in [-0.39, 0.29) is 6.54 Å². The van der Waals surface area contributed by atoms with Crippen LogP contribution >= 0.6 is 0 Å². The van der Waals surface area contributed by atoms with Crippen LogP contribution in [0, 0.1) is 21.7 Å². The Hall–Kier alpha value is -3.03. The van der Waals surface area contributed by atoms with E-state index < -0.39 is 33.7 Å². The van der Waals surface area contributed by atoms with Crippen LogP contribution in [0.3, 0.4) is 0 Å². The SMILES string of the molecule is CN(C)c1ccc(CCNC(=O)c2cc(F)c(F)cc2[N+](=O)[O-])cc1. The number of anilines is 1. The van der Waals surface area contributed by atoms with Crippen molar-refractivity contribution in [2.75, 3.05) is 25.5 Å². The molecule has 0 unspecified atom stereocenters. The molecule has 6 nitrogen and oxygen atoms in total. The molecule has 0 aliphatic rings. The normalized spacial score (nSPS) is 10.4. The van der Waals surface area contributed by atoms with Crippen LogP contribution in [0.2, 0.25) is 0 Å². The Labute approximate surface area is 143 Å². The van der Waals surface area contributed by atoms with Crippen LogP contribution in [0.15, 0.2) is 36.4 Å². The molecule has 0 fully saturated rings. The van der Waals surface area contributed by atoms with Crippen molar-refractivity contribution in [2.45, 2.75) is 6.42 Å². The maximum atomic E-state index is 13.3. The highest BCUT2D eigenvalue weighted by atomic mass is 19.2. The van der Waals surface area contributed by atoms with E-state index in [9.17, 15) is 23.7 Å². The summed E-state index contributed by atoms with van der Waals surface area (Å²) in [5.74, 6) is -3.50. The summed E-state index contributed by atoms with van der Waals surface area (Å²) in [6.45, 7) is 0.205. The van der Waals surface area contributed by atoms with Gasteiger partial charge in [-0.05, 0) is 30.2 Å². The van der Waals surface area contributed by atoms with E-state index in [4.69, 9.17) is 0 Å². The molecule has 0 spiro atoms. The van der Waals surface area contributed by atoms with Crippen LogP contribution in [0.5, 0.6) is 0 Å². The summed E-state index contributed by atoms with van der Waals surface area (Å²) >= 11 is 0. The van der Waals surface area contributed by atoms with Gasteiger partial charge in [0, 0.05) is 26.3 Å². The van der Waals surface area contributed by atoms with Gasteiger partial charge in [-0.2, -0.15) is 0 Å². The summed E-state index contributed by atoms with van der Waals surface area (Å²) in [6, 6.07) is 8.61. The largest absolute Gasteiger partial charge is 0.378 e. The second-order valence-corrected chi connectivity index (χ2v) is 5.61. The number of hydrogen-bond donors (Lipinski definition) is 1. The van der Waals surface area contributed by atoms with Crippen molar-refractivity contribution in [3.8, 4) is 0 Å². The molecule has 0 saturated heterocycles. The molecule has 2 aromatic rings.